The number of non-ortho nitro benzene ring substituents is 1. The number of hydrogen-bond acceptors (Lipinski definition) is 5. The van der Waals surface area contributed by atoms with Gasteiger partial charge in [-0.3, -0.25) is 29.4 Å². The fraction of sp³-hybridized carbons (Fsp3) is 0.500. The fourth-order valence-electron chi connectivity index (χ4n) is 4.79. The molecule has 0 radical (unpaired) electrons. The molecule has 0 unspecified atom stereocenters. The van der Waals surface area contributed by atoms with Gasteiger partial charge in [0.2, 0.25) is 17.7 Å². The first-order valence-electron chi connectivity index (χ1n) is 8.85. The monoisotopic (exact) mass is 357 g/mol. The van der Waals surface area contributed by atoms with Gasteiger partial charge in [-0.2, -0.15) is 0 Å². The van der Waals surface area contributed by atoms with E-state index in [0.29, 0.717) is 17.5 Å². The highest BCUT2D eigenvalue weighted by Gasteiger charge is 2.60. The zero-order valence-electron chi connectivity index (χ0n) is 14.1. The molecule has 4 rings (SSSR count). The van der Waals surface area contributed by atoms with Gasteiger partial charge in [-0.25, -0.2) is 0 Å². The number of rotatable bonds is 5. The number of nitrogens with zero attached hydrogens (tertiary/aromatic N) is 2. The van der Waals surface area contributed by atoms with Crippen LogP contribution in [0.3, 0.4) is 0 Å². The number of nitro benzene ring substituents is 1. The summed E-state index contributed by atoms with van der Waals surface area (Å²) in [5.41, 5.74) is 0.381. The molecule has 3 aliphatic rings. The molecule has 1 N–H and O–H groups in total. The molecular weight excluding hydrogens is 338 g/mol. The third kappa shape index (κ3) is 2.65. The largest absolute Gasteiger partial charge is 0.326 e. The molecular formula is C18H19N3O5. The van der Waals surface area contributed by atoms with Crippen LogP contribution in [-0.4, -0.2) is 34.1 Å². The van der Waals surface area contributed by atoms with E-state index in [1.165, 1.54) is 29.2 Å². The van der Waals surface area contributed by atoms with E-state index < -0.39 is 4.92 Å². The molecule has 1 aromatic rings. The molecule has 1 heterocycles. The molecule has 2 bridgehead atoms. The Hall–Kier alpha value is -2.77. The molecule has 3 fully saturated rings. The van der Waals surface area contributed by atoms with Crippen LogP contribution in [0.2, 0.25) is 0 Å². The van der Waals surface area contributed by atoms with E-state index in [2.05, 4.69) is 5.32 Å². The SMILES string of the molecule is O=C(CCN1C(=O)[C@@H]2[C@@H]3CC[C@@H](C3)[C@@H]2C1=O)Nc1ccc([N+](=O)[O-])cc1. The predicted molar refractivity (Wildman–Crippen MR) is 90.9 cm³/mol. The number of fused-ring (bicyclic) bond motifs is 5. The third-order valence-electron chi connectivity index (χ3n) is 5.94. The van der Waals surface area contributed by atoms with E-state index in [4.69, 9.17) is 0 Å². The molecule has 8 nitrogen and oxygen atoms in total. The molecule has 0 aromatic heterocycles. The van der Waals surface area contributed by atoms with Crippen molar-refractivity contribution < 1.29 is 19.3 Å². The van der Waals surface area contributed by atoms with Crippen LogP contribution in [0.15, 0.2) is 24.3 Å². The number of benzene rings is 1. The number of carbonyl (C=O) groups is 3. The Bertz CT molecular complexity index is 763. The lowest BCUT2D eigenvalue weighted by atomic mass is 9.81. The first-order chi connectivity index (χ1) is 12.5. The average molecular weight is 357 g/mol. The Kier molecular flexibility index (Phi) is 3.97. The van der Waals surface area contributed by atoms with Crippen LogP contribution in [0, 0.1) is 33.8 Å². The standard InChI is InChI=1S/C18H19N3O5/c22-14(19-12-3-5-13(6-4-12)21(25)26)7-8-20-17(23)15-10-1-2-11(9-10)16(15)18(20)24/h3-6,10-11,15-16H,1-2,7-9H2,(H,19,22)/t10-,11+,15-,16+. The fourth-order valence-corrected chi connectivity index (χ4v) is 4.79. The Labute approximate surface area is 149 Å². The van der Waals surface area contributed by atoms with Crippen molar-refractivity contribution >= 4 is 29.1 Å². The van der Waals surface area contributed by atoms with Crippen molar-refractivity contribution in [1.29, 1.82) is 0 Å². The third-order valence-corrected chi connectivity index (χ3v) is 5.94. The predicted octanol–water partition coefficient (Wildman–Crippen LogP) is 1.95. The quantitative estimate of drug-likeness (QED) is 0.492. The molecule has 3 amide bonds. The molecule has 26 heavy (non-hydrogen) atoms. The van der Waals surface area contributed by atoms with Gasteiger partial charge in [0.15, 0.2) is 0 Å². The van der Waals surface area contributed by atoms with Gasteiger partial charge in [-0.15, -0.1) is 0 Å². The molecule has 2 aliphatic carbocycles. The van der Waals surface area contributed by atoms with Crippen LogP contribution in [0.4, 0.5) is 11.4 Å². The number of amides is 3. The summed E-state index contributed by atoms with van der Waals surface area (Å²) in [6.45, 7) is 0.0862. The van der Waals surface area contributed by atoms with Gasteiger partial charge in [0, 0.05) is 30.8 Å². The van der Waals surface area contributed by atoms with Crippen molar-refractivity contribution in [2.75, 3.05) is 11.9 Å². The van der Waals surface area contributed by atoms with E-state index in [0.717, 1.165) is 19.3 Å². The van der Waals surface area contributed by atoms with E-state index in [-0.39, 0.29) is 48.2 Å². The summed E-state index contributed by atoms with van der Waals surface area (Å²) >= 11 is 0. The minimum atomic E-state index is -0.514. The number of likely N-dealkylation sites (tertiary alicyclic amines) is 1. The first-order valence-corrected chi connectivity index (χ1v) is 8.85. The van der Waals surface area contributed by atoms with Crippen LogP contribution in [0.25, 0.3) is 0 Å². The molecule has 1 aromatic carbocycles. The second-order valence-electron chi connectivity index (χ2n) is 7.32. The topological polar surface area (TPSA) is 110 Å². The highest BCUT2D eigenvalue weighted by atomic mass is 16.6. The molecule has 4 atom stereocenters. The minimum absolute atomic E-state index is 0.0171. The summed E-state index contributed by atoms with van der Waals surface area (Å²) in [4.78, 5) is 48.6. The number of carbonyl (C=O) groups excluding carboxylic acids is 3. The van der Waals surface area contributed by atoms with Crippen molar-refractivity contribution in [2.24, 2.45) is 23.7 Å². The maximum Gasteiger partial charge on any atom is 0.269 e. The number of hydrogen-bond donors (Lipinski definition) is 1. The van der Waals surface area contributed by atoms with Crippen molar-refractivity contribution in [2.45, 2.75) is 25.7 Å². The Morgan fingerprint density at radius 1 is 1.12 bits per heavy atom. The lowest BCUT2D eigenvalue weighted by molar-refractivity contribution is -0.384. The van der Waals surface area contributed by atoms with Gasteiger partial charge >= 0.3 is 0 Å². The van der Waals surface area contributed by atoms with Crippen LogP contribution >= 0.6 is 0 Å². The normalized spacial score (nSPS) is 29.2. The average Bonchev–Trinajstić information content (AvgIpc) is 3.28. The van der Waals surface area contributed by atoms with Crippen molar-refractivity contribution in [1.82, 2.24) is 4.90 Å². The summed E-state index contributed by atoms with van der Waals surface area (Å²) in [6.07, 6.45) is 3.06. The molecule has 8 heteroatoms. The van der Waals surface area contributed by atoms with Gasteiger partial charge in [-0.1, -0.05) is 0 Å². The van der Waals surface area contributed by atoms with Gasteiger partial charge in [0.1, 0.15) is 0 Å². The molecule has 1 saturated heterocycles. The summed E-state index contributed by atoms with van der Waals surface area (Å²) in [7, 11) is 0. The second kappa shape index (κ2) is 6.19. The van der Waals surface area contributed by atoms with Crippen LogP contribution in [-0.2, 0) is 14.4 Å². The number of anilines is 1. The van der Waals surface area contributed by atoms with E-state index >= 15 is 0 Å². The van der Waals surface area contributed by atoms with Crippen molar-refractivity contribution in [3.63, 3.8) is 0 Å². The van der Waals surface area contributed by atoms with Crippen molar-refractivity contribution in [3.05, 3.63) is 34.4 Å². The van der Waals surface area contributed by atoms with Gasteiger partial charge < -0.3 is 5.32 Å². The second-order valence-corrected chi connectivity index (χ2v) is 7.32. The Balaban J connectivity index is 1.34. The maximum atomic E-state index is 12.6. The lowest BCUT2D eigenvalue weighted by Gasteiger charge is -2.19. The summed E-state index contributed by atoms with van der Waals surface area (Å²) in [5, 5.41) is 13.3. The van der Waals surface area contributed by atoms with E-state index in [9.17, 15) is 24.5 Å². The van der Waals surface area contributed by atoms with Gasteiger partial charge in [0.05, 0.1) is 16.8 Å². The summed E-state index contributed by atoms with van der Waals surface area (Å²) < 4.78 is 0. The maximum absolute atomic E-state index is 12.6. The molecule has 1 aliphatic heterocycles. The minimum Gasteiger partial charge on any atom is -0.326 e. The van der Waals surface area contributed by atoms with Gasteiger partial charge in [-0.05, 0) is 43.2 Å². The van der Waals surface area contributed by atoms with Gasteiger partial charge in [0.25, 0.3) is 5.69 Å². The van der Waals surface area contributed by atoms with E-state index in [1.54, 1.807) is 0 Å². The highest BCUT2D eigenvalue weighted by Crippen LogP contribution is 2.56. The number of nitro groups is 1. The molecule has 136 valence electrons. The van der Waals surface area contributed by atoms with E-state index in [1.807, 2.05) is 0 Å². The molecule has 2 saturated carbocycles. The van der Waals surface area contributed by atoms with Crippen LogP contribution in [0.1, 0.15) is 25.7 Å². The molecule has 0 spiro atoms. The Morgan fingerprint density at radius 2 is 1.69 bits per heavy atom. The Morgan fingerprint density at radius 3 is 2.23 bits per heavy atom. The smallest absolute Gasteiger partial charge is 0.269 e. The summed E-state index contributed by atoms with van der Waals surface area (Å²) in [5.74, 6) is -0.233. The summed E-state index contributed by atoms with van der Waals surface area (Å²) in [6, 6.07) is 5.51. The zero-order valence-corrected chi connectivity index (χ0v) is 14.1. The first kappa shape index (κ1) is 16.7. The number of nitrogens with one attached hydrogen (secondary N) is 1. The van der Waals surface area contributed by atoms with Crippen LogP contribution < -0.4 is 5.32 Å². The van der Waals surface area contributed by atoms with Crippen molar-refractivity contribution in [3.8, 4) is 0 Å². The lowest BCUT2D eigenvalue weighted by Crippen LogP contribution is -2.35. The van der Waals surface area contributed by atoms with Crippen LogP contribution in [0.5, 0.6) is 0 Å². The highest BCUT2D eigenvalue weighted by molar-refractivity contribution is 6.06. The zero-order chi connectivity index (χ0) is 18.4. The number of imide groups is 1.